The highest BCUT2D eigenvalue weighted by molar-refractivity contribution is 7.85. The van der Waals surface area contributed by atoms with Crippen molar-refractivity contribution in [1.82, 2.24) is 19.4 Å². The average molecular weight is 382 g/mol. The number of hydrogen-bond acceptors (Lipinski definition) is 8. The Bertz CT molecular complexity index is 882. The minimum absolute atomic E-state index is 0.179. The van der Waals surface area contributed by atoms with Crippen LogP contribution in [0.4, 0.5) is 17.6 Å². The number of likely N-dealkylation sites (N-methyl/N-ethyl adjacent to an activating group) is 1. The molecule has 1 fully saturated rings. The monoisotopic (exact) mass is 382 g/mol. The summed E-state index contributed by atoms with van der Waals surface area (Å²) in [7, 11) is -0.745. The van der Waals surface area contributed by atoms with E-state index in [9.17, 15) is 8.42 Å². The number of methoxy groups -OCH3 is 1. The first-order chi connectivity index (χ1) is 12.3. The SMILES string of the molecule is COc1nc(Nc2ccc(S(=O)(=O)O)cc2)nc([N+]2(C)CCOCC2)n1. The fourth-order valence-electron chi connectivity index (χ4n) is 2.52. The van der Waals surface area contributed by atoms with Gasteiger partial charge in [-0.15, -0.1) is 9.97 Å². The Morgan fingerprint density at radius 2 is 1.81 bits per heavy atom. The van der Waals surface area contributed by atoms with E-state index in [2.05, 4.69) is 20.3 Å². The normalized spacial score (nSPS) is 16.9. The van der Waals surface area contributed by atoms with Crippen LogP contribution in [0.15, 0.2) is 29.2 Å². The molecule has 2 N–H and O–H groups in total. The van der Waals surface area contributed by atoms with Crippen LogP contribution < -0.4 is 14.5 Å². The van der Waals surface area contributed by atoms with Gasteiger partial charge in [-0.2, -0.15) is 13.4 Å². The lowest BCUT2D eigenvalue weighted by molar-refractivity contribution is 0.0493. The van der Waals surface area contributed by atoms with Crippen molar-refractivity contribution in [2.24, 2.45) is 0 Å². The molecule has 0 bridgehead atoms. The molecule has 0 amide bonds. The third kappa shape index (κ3) is 4.07. The Kier molecular flexibility index (Phi) is 5.05. The molecule has 26 heavy (non-hydrogen) atoms. The average Bonchev–Trinajstić information content (AvgIpc) is 2.62. The molecule has 0 radical (unpaired) electrons. The molecule has 1 aromatic heterocycles. The van der Waals surface area contributed by atoms with E-state index in [-0.39, 0.29) is 16.9 Å². The Hall–Kier alpha value is -2.34. The second-order valence-electron chi connectivity index (χ2n) is 6.03. The van der Waals surface area contributed by atoms with Crippen LogP contribution >= 0.6 is 0 Å². The summed E-state index contributed by atoms with van der Waals surface area (Å²) in [5.74, 6) is 0.828. The van der Waals surface area contributed by atoms with Gasteiger partial charge in [0.15, 0.2) is 0 Å². The first kappa shape index (κ1) is 18.5. The van der Waals surface area contributed by atoms with Crippen molar-refractivity contribution in [2.75, 3.05) is 45.8 Å². The van der Waals surface area contributed by atoms with E-state index in [0.717, 1.165) is 13.1 Å². The number of rotatable bonds is 5. The van der Waals surface area contributed by atoms with E-state index in [0.29, 0.717) is 29.3 Å². The van der Waals surface area contributed by atoms with Gasteiger partial charge in [0.1, 0.15) is 13.1 Å². The van der Waals surface area contributed by atoms with Crippen LogP contribution in [0, 0.1) is 0 Å². The molecule has 0 spiro atoms. The first-order valence-corrected chi connectivity index (χ1v) is 9.32. The molecule has 3 rings (SSSR count). The van der Waals surface area contributed by atoms with Gasteiger partial charge < -0.3 is 14.8 Å². The molecular weight excluding hydrogens is 362 g/mol. The maximum atomic E-state index is 11.1. The molecule has 1 saturated heterocycles. The summed E-state index contributed by atoms with van der Waals surface area (Å²) in [5, 5.41) is 2.99. The van der Waals surface area contributed by atoms with E-state index in [1.807, 2.05) is 7.05 Å². The largest absolute Gasteiger partial charge is 0.467 e. The zero-order valence-corrected chi connectivity index (χ0v) is 15.2. The first-order valence-electron chi connectivity index (χ1n) is 7.88. The molecule has 0 atom stereocenters. The predicted octanol–water partition coefficient (Wildman–Crippen LogP) is 0.838. The Morgan fingerprint density at radius 1 is 1.15 bits per heavy atom. The van der Waals surface area contributed by atoms with E-state index >= 15 is 0 Å². The van der Waals surface area contributed by atoms with Crippen LogP contribution in [0.1, 0.15) is 0 Å². The highest BCUT2D eigenvalue weighted by atomic mass is 32.2. The Labute approximate surface area is 151 Å². The summed E-state index contributed by atoms with van der Waals surface area (Å²) in [6.07, 6.45) is 0. The van der Waals surface area contributed by atoms with Crippen molar-refractivity contribution < 1.29 is 22.4 Å². The molecule has 1 aliphatic heterocycles. The standard InChI is InChI=1S/C15H19N5O5S/c1-20(7-9-25-10-8-20)14-17-13(18-15(19-14)24-2)16-11-3-5-12(6-4-11)26(21,22)23/h3-6H,7-10H2,1-2H3,(H-,16,17,18,19,21,22,23)/p+1. The molecule has 0 aliphatic carbocycles. The second-order valence-corrected chi connectivity index (χ2v) is 7.45. The predicted molar refractivity (Wildman–Crippen MR) is 94.2 cm³/mol. The number of nitrogens with one attached hydrogen (secondary N) is 1. The van der Waals surface area contributed by atoms with E-state index in [1.165, 1.54) is 31.4 Å². The van der Waals surface area contributed by atoms with Crippen LogP contribution in [0.5, 0.6) is 6.01 Å². The number of morpholine rings is 1. The van der Waals surface area contributed by atoms with Gasteiger partial charge in [0.25, 0.3) is 10.1 Å². The zero-order chi connectivity index (χ0) is 18.8. The van der Waals surface area contributed by atoms with E-state index in [1.54, 1.807) is 0 Å². The minimum Gasteiger partial charge on any atom is -0.467 e. The molecule has 0 saturated carbocycles. The van der Waals surface area contributed by atoms with Crippen molar-refractivity contribution in [3.8, 4) is 6.01 Å². The molecule has 0 unspecified atom stereocenters. The summed E-state index contributed by atoms with van der Waals surface area (Å²) in [6.45, 7) is 2.69. The summed E-state index contributed by atoms with van der Waals surface area (Å²) < 4.78 is 42.3. The second kappa shape index (κ2) is 7.11. The molecule has 140 valence electrons. The highest BCUT2D eigenvalue weighted by Crippen LogP contribution is 2.23. The fourth-order valence-corrected chi connectivity index (χ4v) is 3.00. The maximum absolute atomic E-state index is 11.1. The van der Waals surface area contributed by atoms with Crippen LogP contribution in [0.3, 0.4) is 0 Å². The molecule has 2 aromatic rings. The van der Waals surface area contributed by atoms with Gasteiger partial charge in [0.2, 0.25) is 5.95 Å². The van der Waals surface area contributed by atoms with Gasteiger partial charge >= 0.3 is 12.0 Å². The van der Waals surface area contributed by atoms with Gasteiger partial charge in [0, 0.05) is 5.69 Å². The smallest absolute Gasteiger partial charge is 0.336 e. The summed E-state index contributed by atoms with van der Waals surface area (Å²) in [6, 6.07) is 5.76. The van der Waals surface area contributed by atoms with Crippen LogP contribution in [0.25, 0.3) is 0 Å². The van der Waals surface area contributed by atoms with Gasteiger partial charge in [-0.05, 0) is 24.3 Å². The minimum atomic E-state index is -4.24. The number of nitrogens with zero attached hydrogens (tertiary/aromatic N) is 4. The highest BCUT2D eigenvalue weighted by Gasteiger charge is 2.32. The number of ether oxygens (including phenoxy) is 2. The molecule has 10 nitrogen and oxygen atoms in total. The van der Waals surface area contributed by atoms with Gasteiger partial charge in [-0.1, -0.05) is 0 Å². The number of benzene rings is 1. The van der Waals surface area contributed by atoms with Crippen molar-refractivity contribution in [2.45, 2.75) is 4.90 Å². The zero-order valence-electron chi connectivity index (χ0n) is 14.4. The number of anilines is 2. The third-order valence-electron chi connectivity index (χ3n) is 4.14. The molecule has 1 aliphatic rings. The van der Waals surface area contributed by atoms with Crippen LogP contribution in [-0.4, -0.2) is 68.4 Å². The molecular formula is C15H20N5O5S+. The summed E-state index contributed by atoms with van der Waals surface area (Å²) in [4.78, 5) is 12.8. The maximum Gasteiger partial charge on any atom is 0.336 e. The number of aromatic nitrogens is 3. The van der Waals surface area contributed by atoms with Gasteiger partial charge in [0.05, 0.1) is 32.3 Å². The lowest BCUT2D eigenvalue weighted by atomic mass is 10.3. The molecule has 1 aromatic carbocycles. The van der Waals surface area contributed by atoms with Gasteiger partial charge in [-0.25, -0.2) is 0 Å². The Morgan fingerprint density at radius 3 is 2.38 bits per heavy atom. The molecule has 11 heteroatoms. The van der Waals surface area contributed by atoms with Crippen molar-refractivity contribution in [3.05, 3.63) is 24.3 Å². The number of quaternary nitrogens is 1. The fraction of sp³-hybridized carbons (Fsp3) is 0.400. The van der Waals surface area contributed by atoms with Crippen molar-refractivity contribution in [3.63, 3.8) is 0 Å². The summed E-state index contributed by atoms with van der Waals surface area (Å²) in [5.41, 5.74) is 0.557. The topological polar surface area (TPSA) is 124 Å². The quantitative estimate of drug-likeness (QED) is 0.572. The Balaban J connectivity index is 1.89. The summed E-state index contributed by atoms with van der Waals surface area (Å²) >= 11 is 0. The lowest BCUT2D eigenvalue weighted by Crippen LogP contribution is -2.54. The lowest BCUT2D eigenvalue weighted by Gasteiger charge is -2.34. The van der Waals surface area contributed by atoms with Gasteiger partial charge in [-0.3, -0.25) is 9.04 Å². The number of hydrogen-bond donors (Lipinski definition) is 2. The van der Waals surface area contributed by atoms with Crippen molar-refractivity contribution >= 4 is 27.7 Å². The molecule has 2 heterocycles. The van der Waals surface area contributed by atoms with E-state index < -0.39 is 10.1 Å². The van der Waals surface area contributed by atoms with E-state index in [4.69, 9.17) is 14.0 Å². The van der Waals surface area contributed by atoms with Crippen molar-refractivity contribution in [1.29, 1.82) is 0 Å². The van der Waals surface area contributed by atoms with Crippen LogP contribution in [0.2, 0.25) is 0 Å². The third-order valence-corrected chi connectivity index (χ3v) is 5.00. The van der Waals surface area contributed by atoms with Crippen LogP contribution in [-0.2, 0) is 14.9 Å².